The van der Waals surface area contributed by atoms with E-state index in [1.807, 2.05) is 0 Å². The molecule has 5 aromatic rings. The molecule has 0 saturated carbocycles. The number of carbonyl (C=O) groups excluding carboxylic acids is 1. The van der Waals surface area contributed by atoms with Crippen molar-refractivity contribution in [3.63, 3.8) is 0 Å². The molecular weight excluding hydrogens is 464 g/mol. The Hall–Kier alpha value is -4.46. The zero-order chi connectivity index (χ0) is 24.7. The van der Waals surface area contributed by atoms with Crippen LogP contribution < -0.4 is 10.2 Å². The molecule has 8 heteroatoms. The van der Waals surface area contributed by atoms with E-state index in [9.17, 15) is 27.2 Å². The lowest BCUT2D eigenvalue weighted by atomic mass is 9.96. The Morgan fingerprint density at radius 2 is 1.57 bits per heavy atom. The molecule has 0 amide bonds. The Kier molecular flexibility index (Phi) is 5.36. The van der Waals surface area contributed by atoms with Gasteiger partial charge in [-0.25, -0.2) is 9.18 Å². The lowest BCUT2D eigenvalue weighted by Gasteiger charge is -2.14. The van der Waals surface area contributed by atoms with Crippen LogP contribution in [0.2, 0.25) is 0 Å². The van der Waals surface area contributed by atoms with Crippen molar-refractivity contribution in [2.75, 3.05) is 0 Å². The van der Waals surface area contributed by atoms with E-state index in [2.05, 4.69) is 0 Å². The minimum absolute atomic E-state index is 0.0890. The molecule has 0 N–H and O–H groups in total. The molecule has 1 aromatic heterocycles. The highest BCUT2D eigenvalue weighted by Gasteiger charge is 2.39. The molecule has 4 aromatic carbocycles. The van der Waals surface area contributed by atoms with Gasteiger partial charge in [-0.05, 0) is 46.7 Å². The van der Waals surface area contributed by atoms with E-state index in [4.69, 9.17) is 9.15 Å². The minimum atomic E-state index is -4.98. The molecule has 0 spiro atoms. The lowest BCUT2D eigenvalue weighted by Crippen LogP contribution is -2.16. The molecule has 35 heavy (non-hydrogen) atoms. The molecule has 0 unspecified atom stereocenters. The molecular formula is C27H14F4O4. The summed E-state index contributed by atoms with van der Waals surface area (Å²) in [5.74, 6) is -3.20. The van der Waals surface area contributed by atoms with Gasteiger partial charge < -0.3 is 9.15 Å². The van der Waals surface area contributed by atoms with Gasteiger partial charge in [0, 0.05) is 6.07 Å². The number of halogens is 4. The van der Waals surface area contributed by atoms with Crippen LogP contribution in [-0.2, 0) is 6.18 Å². The third-order valence-corrected chi connectivity index (χ3v) is 5.45. The standard InChI is InChI=1S/C27H14F4O4/c28-17-8-3-7-16(13-17)26(33)34-18-11-12-21-22(14-18)35-25(27(29,30)31)23(24(21)32)20-10-4-6-15-5-1-2-9-19(15)20/h1-14H. The molecule has 1 heterocycles. The Morgan fingerprint density at radius 3 is 2.34 bits per heavy atom. The van der Waals surface area contributed by atoms with Crippen molar-refractivity contribution in [3.8, 4) is 16.9 Å². The van der Waals surface area contributed by atoms with Crippen molar-refractivity contribution >= 4 is 27.7 Å². The topological polar surface area (TPSA) is 56.5 Å². The van der Waals surface area contributed by atoms with Crippen LogP contribution in [0.1, 0.15) is 16.1 Å². The number of benzene rings is 4. The summed E-state index contributed by atoms with van der Waals surface area (Å²) in [5, 5.41) is 1.01. The number of alkyl halides is 3. The maximum absolute atomic E-state index is 14.1. The third-order valence-electron chi connectivity index (χ3n) is 5.45. The first-order valence-electron chi connectivity index (χ1n) is 10.4. The summed E-state index contributed by atoms with van der Waals surface area (Å²) in [4.78, 5) is 25.6. The first kappa shape index (κ1) is 22.3. The highest BCUT2D eigenvalue weighted by atomic mass is 19.4. The van der Waals surface area contributed by atoms with Crippen molar-refractivity contribution in [2.24, 2.45) is 0 Å². The third kappa shape index (κ3) is 4.14. The summed E-state index contributed by atoms with van der Waals surface area (Å²) in [7, 11) is 0. The molecule has 0 bridgehead atoms. The summed E-state index contributed by atoms with van der Waals surface area (Å²) in [6, 6.07) is 19.8. The van der Waals surface area contributed by atoms with Crippen LogP contribution in [0.15, 0.2) is 94.1 Å². The lowest BCUT2D eigenvalue weighted by molar-refractivity contribution is -0.152. The molecule has 0 fully saturated rings. The van der Waals surface area contributed by atoms with E-state index in [0.29, 0.717) is 10.8 Å². The van der Waals surface area contributed by atoms with E-state index in [0.717, 1.165) is 18.2 Å². The van der Waals surface area contributed by atoms with E-state index in [1.54, 1.807) is 36.4 Å². The quantitative estimate of drug-likeness (QED) is 0.159. The second-order valence-electron chi connectivity index (χ2n) is 7.72. The monoisotopic (exact) mass is 478 g/mol. The Labute approximate surface area is 195 Å². The summed E-state index contributed by atoms with van der Waals surface area (Å²) in [6.45, 7) is 0. The number of esters is 1. The molecule has 0 saturated heterocycles. The molecule has 0 aliphatic rings. The van der Waals surface area contributed by atoms with Gasteiger partial charge in [0.05, 0.1) is 16.5 Å². The van der Waals surface area contributed by atoms with Gasteiger partial charge in [-0.3, -0.25) is 4.79 Å². The van der Waals surface area contributed by atoms with Crippen LogP contribution in [0.5, 0.6) is 5.75 Å². The second kappa shape index (κ2) is 8.39. The average molecular weight is 478 g/mol. The fraction of sp³-hybridized carbons (Fsp3) is 0.0370. The van der Waals surface area contributed by atoms with E-state index < -0.39 is 40.3 Å². The number of ether oxygens (including phenoxy) is 1. The molecule has 5 rings (SSSR count). The summed E-state index contributed by atoms with van der Waals surface area (Å²) in [5.41, 5.74) is -1.89. The first-order chi connectivity index (χ1) is 16.7. The predicted octanol–water partition coefficient (Wildman–Crippen LogP) is 6.99. The van der Waals surface area contributed by atoms with Gasteiger partial charge in [0.15, 0.2) is 0 Å². The van der Waals surface area contributed by atoms with Crippen LogP contribution in [-0.4, -0.2) is 5.97 Å². The molecule has 0 radical (unpaired) electrons. The van der Waals surface area contributed by atoms with Gasteiger partial charge >= 0.3 is 12.1 Å². The van der Waals surface area contributed by atoms with Crippen molar-refractivity contribution < 1.29 is 31.5 Å². The zero-order valence-electron chi connectivity index (χ0n) is 17.7. The van der Waals surface area contributed by atoms with E-state index >= 15 is 0 Å². The van der Waals surface area contributed by atoms with Gasteiger partial charge in [0.1, 0.15) is 17.1 Å². The molecule has 0 aliphatic heterocycles. The van der Waals surface area contributed by atoms with Crippen LogP contribution >= 0.6 is 0 Å². The van der Waals surface area contributed by atoms with Crippen molar-refractivity contribution in [1.29, 1.82) is 0 Å². The maximum atomic E-state index is 14.1. The Bertz CT molecular complexity index is 1660. The van der Waals surface area contributed by atoms with Crippen molar-refractivity contribution in [3.05, 3.63) is 112 Å². The maximum Gasteiger partial charge on any atom is 0.450 e. The average Bonchev–Trinajstić information content (AvgIpc) is 2.83. The summed E-state index contributed by atoms with van der Waals surface area (Å²) < 4.78 is 65.9. The molecule has 174 valence electrons. The number of hydrogen-bond acceptors (Lipinski definition) is 4. The SMILES string of the molecule is O=C(Oc1ccc2c(=O)c(-c3cccc4ccccc34)c(C(F)(F)F)oc2c1)c1cccc(F)c1. The number of hydrogen-bond donors (Lipinski definition) is 0. The van der Waals surface area contributed by atoms with Crippen molar-refractivity contribution in [2.45, 2.75) is 6.18 Å². The number of rotatable bonds is 3. The van der Waals surface area contributed by atoms with E-state index in [-0.39, 0.29) is 22.3 Å². The van der Waals surface area contributed by atoms with E-state index in [1.165, 1.54) is 30.3 Å². The Balaban J connectivity index is 1.67. The highest BCUT2D eigenvalue weighted by molar-refractivity contribution is 5.99. The number of carbonyl (C=O) groups is 1. The molecule has 4 nitrogen and oxygen atoms in total. The van der Waals surface area contributed by atoms with Gasteiger partial charge in [0.2, 0.25) is 11.2 Å². The zero-order valence-corrected chi connectivity index (χ0v) is 17.7. The molecule has 0 aliphatic carbocycles. The van der Waals surface area contributed by atoms with Crippen LogP contribution in [0.25, 0.3) is 32.9 Å². The predicted molar refractivity (Wildman–Crippen MR) is 122 cm³/mol. The normalized spacial score (nSPS) is 11.7. The van der Waals surface area contributed by atoms with Crippen molar-refractivity contribution in [1.82, 2.24) is 0 Å². The fourth-order valence-corrected chi connectivity index (χ4v) is 3.91. The number of fused-ring (bicyclic) bond motifs is 2. The highest BCUT2D eigenvalue weighted by Crippen LogP contribution is 2.39. The van der Waals surface area contributed by atoms with Gasteiger partial charge in [-0.15, -0.1) is 0 Å². The second-order valence-corrected chi connectivity index (χ2v) is 7.72. The van der Waals surface area contributed by atoms with Gasteiger partial charge in [-0.2, -0.15) is 13.2 Å². The van der Waals surface area contributed by atoms with Gasteiger partial charge in [0.25, 0.3) is 0 Å². The smallest absolute Gasteiger partial charge is 0.450 e. The minimum Gasteiger partial charge on any atom is -0.450 e. The molecule has 0 atom stereocenters. The van der Waals surface area contributed by atoms with Gasteiger partial charge in [-0.1, -0.05) is 48.5 Å². The van der Waals surface area contributed by atoms with Crippen LogP contribution in [0, 0.1) is 5.82 Å². The Morgan fingerprint density at radius 1 is 0.829 bits per heavy atom. The fourth-order valence-electron chi connectivity index (χ4n) is 3.91. The summed E-state index contributed by atoms with van der Waals surface area (Å²) in [6.07, 6.45) is -4.98. The van der Waals surface area contributed by atoms with Crippen LogP contribution in [0.4, 0.5) is 17.6 Å². The summed E-state index contributed by atoms with van der Waals surface area (Å²) >= 11 is 0. The van der Waals surface area contributed by atoms with Crippen LogP contribution in [0.3, 0.4) is 0 Å². The first-order valence-corrected chi connectivity index (χ1v) is 10.4. The largest absolute Gasteiger partial charge is 0.450 e.